The van der Waals surface area contributed by atoms with Gasteiger partial charge in [-0.1, -0.05) is 87.7 Å². The summed E-state index contributed by atoms with van der Waals surface area (Å²) in [7, 11) is 0. The summed E-state index contributed by atoms with van der Waals surface area (Å²) in [6.07, 6.45) is 6.98. The topological polar surface area (TPSA) is 96.6 Å². The summed E-state index contributed by atoms with van der Waals surface area (Å²) in [5.74, 6) is 0.697. The lowest BCUT2D eigenvalue weighted by molar-refractivity contribution is -0.115. The summed E-state index contributed by atoms with van der Waals surface area (Å²) < 4.78 is 5.85. The highest BCUT2D eigenvalue weighted by atomic mass is 16.5. The van der Waals surface area contributed by atoms with Crippen molar-refractivity contribution in [3.05, 3.63) is 71.3 Å². The molecule has 3 heterocycles. The minimum Gasteiger partial charge on any atom is -0.458 e. The van der Waals surface area contributed by atoms with Gasteiger partial charge in [-0.3, -0.25) is 9.69 Å². The monoisotopic (exact) mass is 530 g/mol. The molecule has 0 radical (unpaired) electrons. The fraction of sp³-hybridized carbons (Fsp3) is 0.452. The number of likely N-dealkylation sites (tertiary alicyclic amines) is 1. The van der Waals surface area contributed by atoms with Crippen LogP contribution in [-0.2, 0) is 24.5 Å². The number of nitrogens with two attached hydrogens (primary N) is 1. The first-order chi connectivity index (χ1) is 19.1. The van der Waals surface area contributed by atoms with E-state index in [1.54, 1.807) is 0 Å². The van der Waals surface area contributed by atoms with Gasteiger partial charge in [0.15, 0.2) is 11.6 Å². The first-order valence-electron chi connectivity index (χ1n) is 14.2. The molecule has 8 heteroatoms. The maximum absolute atomic E-state index is 12.4. The molecule has 8 nitrogen and oxygen atoms in total. The van der Waals surface area contributed by atoms with E-state index in [0.29, 0.717) is 37.6 Å². The number of unbranched alkanes of at least 4 members (excludes halogenated alkanes) is 2. The smallest absolute Gasteiger partial charge is 0.320 e. The van der Waals surface area contributed by atoms with E-state index in [2.05, 4.69) is 63.2 Å². The van der Waals surface area contributed by atoms with E-state index in [1.807, 2.05) is 30.3 Å². The van der Waals surface area contributed by atoms with Crippen molar-refractivity contribution >= 4 is 23.2 Å². The number of carbonyl (C=O) groups excluding carboxylic acids is 1. The number of nitrogens with one attached hydrogen (secondary N) is 1. The van der Waals surface area contributed by atoms with Crippen LogP contribution < -0.4 is 20.7 Å². The normalized spacial score (nSPS) is 15.1. The van der Waals surface area contributed by atoms with Gasteiger partial charge in [0.05, 0.1) is 0 Å². The fourth-order valence-electron chi connectivity index (χ4n) is 4.88. The standard InChI is InChI=1S/C26H30N6O2.C5H12/c27-24-23-25(30-26(29-24)34-18-19-7-2-1-3-8-19)32(14-11-22(33)28-23)17-21-10-6-9-20(15-21)16-31-12-4-5-13-31;1-3-5-4-2/h1-3,6-10,15H,4-5,11-14,16-18H2,(H,28,33)(H2,27,29,30);3-5H2,1-2H3. The Hall–Kier alpha value is -3.65. The number of rotatable bonds is 9. The van der Waals surface area contributed by atoms with Gasteiger partial charge in [0.25, 0.3) is 0 Å². The van der Waals surface area contributed by atoms with Gasteiger partial charge in [0.2, 0.25) is 5.91 Å². The van der Waals surface area contributed by atoms with Crippen LogP contribution in [0, 0.1) is 0 Å². The van der Waals surface area contributed by atoms with Crippen LogP contribution in [0.1, 0.15) is 69.1 Å². The average Bonchev–Trinajstić information content (AvgIpc) is 3.40. The highest BCUT2D eigenvalue weighted by Gasteiger charge is 2.25. The number of amides is 1. The number of nitrogens with zero attached hydrogens (tertiary/aromatic N) is 4. The third kappa shape index (κ3) is 8.42. The molecule has 1 fully saturated rings. The maximum Gasteiger partial charge on any atom is 0.320 e. The number of carbonyl (C=O) groups is 1. The Labute approximate surface area is 232 Å². The van der Waals surface area contributed by atoms with Crippen molar-refractivity contribution in [2.45, 2.75) is 72.1 Å². The zero-order valence-electron chi connectivity index (χ0n) is 23.4. The van der Waals surface area contributed by atoms with Crippen LogP contribution in [0.5, 0.6) is 6.01 Å². The van der Waals surface area contributed by atoms with Gasteiger partial charge in [0, 0.05) is 26.1 Å². The van der Waals surface area contributed by atoms with Crippen molar-refractivity contribution in [2.24, 2.45) is 0 Å². The zero-order valence-corrected chi connectivity index (χ0v) is 23.4. The predicted octanol–water partition coefficient (Wildman–Crippen LogP) is 5.78. The van der Waals surface area contributed by atoms with Crippen LogP contribution >= 0.6 is 0 Å². The van der Waals surface area contributed by atoms with Crippen LogP contribution in [0.15, 0.2) is 54.6 Å². The first kappa shape index (κ1) is 28.4. The molecule has 0 aliphatic carbocycles. The summed E-state index contributed by atoms with van der Waals surface area (Å²) in [5, 5.41) is 2.87. The molecule has 3 N–H and O–H groups in total. The molecule has 1 amide bonds. The van der Waals surface area contributed by atoms with E-state index in [1.165, 1.54) is 56.3 Å². The van der Waals surface area contributed by atoms with Crippen molar-refractivity contribution in [2.75, 3.05) is 35.6 Å². The quantitative estimate of drug-likeness (QED) is 0.362. The number of hydrogen-bond acceptors (Lipinski definition) is 7. The number of benzene rings is 2. The van der Waals surface area contributed by atoms with Gasteiger partial charge < -0.3 is 20.7 Å². The van der Waals surface area contributed by atoms with E-state index < -0.39 is 0 Å². The Morgan fingerprint density at radius 2 is 1.59 bits per heavy atom. The Morgan fingerprint density at radius 3 is 2.28 bits per heavy atom. The van der Waals surface area contributed by atoms with E-state index in [4.69, 9.17) is 10.5 Å². The molecular formula is C31H42N6O2. The van der Waals surface area contributed by atoms with Crippen LogP contribution in [0.25, 0.3) is 0 Å². The Bertz CT molecular complexity index is 1190. The minimum atomic E-state index is -0.0974. The maximum atomic E-state index is 12.4. The van der Waals surface area contributed by atoms with Crippen molar-refractivity contribution < 1.29 is 9.53 Å². The van der Waals surface area contributed by atoms with E-state index in [9.17, 15) is 4.79 Å². The number of hydrogen-bond donors (Lipinski definition) is 2. The molecule has 208 valence electrons. The van der Waals surface area contributed by atoms with Crippen LogP contribution in [-0.4, -0.2) is 40.4 Å². The number of aromatic nitrogens is 2. The third-order valence-electron chi connectivity index (χ3n) is 6.96. The van der Waals surface area contributed by atoms with Gasteiger partial charge in [0.1, 0.15) is 12.3 Å². The minimum absolute atomic E-state index is 0.0974. The summed E-state index contributed by atoms with van der Waals surface area (Å²) >= 11 is 0. The predicted molar refractivity (Wildman–Crippen MR) is 158 cm³/mol. The molecule has 5 rings (SSSR count). The third-order valence-corrected chi connectivity index (χ3v) is 6.96. The van der Waals surface area contributed by atoms with Crippen LogP contribution in [0.2, 0.25) is 0 Å². The number of fused-ring (bicyclic) bond motifs is 1. The molecule has 0 unspecified atom stereocenters. The molecule has 2 aliphatic rings. The molecule has 1 aromatic heterocycles. The number of anilines is 3. The van der Waals surface area contributed by atoms with Gasteiger partial charge in [-0.2, -0.15) is 9.97 Å². The second kappa shape index (κ2) is 14.5. The number of ether oxygens (including phenoxy) is 1. The summed E-state index contributed by atoms with van der Waals surface area (Å²) in [4.78, 5) is 25.9. The average molecular weight is 531 g/mol. The zero-order chi connectivity index (χ0) is 27.5. The van der Waals surface area contributed by atoms with E-state index in [0.717, 1.165) is 12.1 Å². The van der Waals surface area contributed by atoms with Crippen molar-refractivity contribution in [1.29, 1.82) is 0 Å². The molecule has 2 aromatic carbocycles. The molecule has 3 aromatic rings. The van der Waals surface area contributed by atoms with E-state index >= 15 is 0 Å². The molecule has 0 bridgehead atoms. The molecular weight excluding hydrogens is 488 g/mol. The number of nitrogen functional groups attached to an aromatic ring is 1. The fourth-order valence-corrected chi connectivity index (χ4v) is 4.88. The Morgan fingerprint density at radius 1 is 0.897 bits per heavy atom. The second-order valence-corrected chi connectivity index (χ2v) is 10.2. The molecule has 39 heavy (non-hydrogen) atoms. The van der Waals surface area contributed by atoms with Gasteiger partial charge in [-0.05, 0) is 42.6 Å². The SMILES string of the molecule is CCCCC.Nc1nc(OCc2ccccc2)nc2c1NC(=O)CCN2Cc1cccc(CN2CCCC2)c1. The Kier molecular flexibility index (Phi) is 10.5. The highest BCUT2D eigenvalue weighted by Crippen LogP contribution is 2.34. The van der Waals surface area contributed by atoms with Crippen LogP contribution in [0.3, 0.4) is 0 Å². The molecule has 2 aliphatic heterocycles. The molecule has 0 atom stereocenters. The van der Waals surface area contributed by atoms with Crippen molar-refractivity contribution in [3.8, 4) is 6.01 Å². The first-order valence-corrected chi connectivity index (χ1v) is 14.2. The highest BCUT2D eigenvalue weighted by molar-refractivity contribution is 5.98. The Balaban J connectivity index is 0.000000648. The van der Waals surface area contributed by atoms with Crippen molar-refractivity contribution in [3.63, 3.8) is 0 Å². The summed E-state index contributed by atoms with van der Waals surface area (Å²) in [6.45, 7) is 9.21. The largest absolute Gasteiger partial charge is 0.458 e. The van der Waals surface area contributed by atoms with E-state index in [-0.39, 0.29) is 17.7 Å². The van der Waals surface area contributed by atoms with Crippen molar-refractivity contribution in [1.82, 2.24) is 14.9 Å². The lowest BCUT2D eigenvalue weighted by atomic mass is 10.1. The second-order valence-electron chi connectivity index (χ2n) is 10.2. The van der Waals surface area contributed by atoms with Gasteiger partial charge in [-0.25, -0.2) is 0 Å². The van der Waals surface area contributed by atoms with Gasteiger partial charge >= 0.3 is 6.01 Å². The van der Waals surface area contributed by atoms with Crippen LogP contribution in [0.4, 0.5) is 17.3 Å². The molecule has 0 saturated carbocycles. The lowest BCUT2D eigenvalue weighted by Crippen LogP contribution is -2.25. The lowest BCUT2D eigenvalue weighted by Gasteiger charge is -2.24. The molecule has 1 saturated heterocycles. The summed E-state index contributed by atoms with van der Waals surface area (Å²) in [5.41, 5.74) is 10.2. The van der Waals surface area contributed by atoms with Gasteiger partial charge in [-0.15, -0.1) is 0 Å². The molecule has 0 spiro atoms. The summed E-state index contributed by atoms with van der Waals surface area (Å²) in [6, 6.07) is 18.7.